The third-order valence-electron chi connectivity index (χ3n) is 6.75. The first-order valence-electron chi connectivity index (χ1n) is 9.92. The molecule has 1 aliphatic carbocycles. The van der Waals surface area contributed by atoms with Crippen molar-refractivity contribution in [3.63, 3.8) is 0 Å². The normalized spacial score (nSPS) is 41.4. The van der Waals surface area contributed by atoms with Gasteiger partial charge in [0.05, 0.1) is 13.7 Å². The zero-order chi connectivity index (χ0) is 20.6. The number of aliphatic hydroxyl groups excluding tert-OH is 2. The zero-order valence-corrected chi connectivity index (χ0v) is 16.6. The van der Waals surface area contributed by atoms with Gasteiger partial charge in [-0.15, -0.1) is 0 Å². The van der Waals surface area contributed by atoms with Crippen molar-refractivity contribution in [3.05, 3.63) is 35.9 Å². The summed E-state index contributed by atoms with van der Waals surface area (Å²) in [6.07, 6.45) is -2.18. The van der Waals surface area contributed by atoms with E-state index >= 15 is 0 Å². The van der Waals surface area contributed by atoms with Crippen LogP contribution in [0.4, 0.5) is 0 Å². The van der Waals surface area contributed by atoms with Gasteiger partial charge in [-0.05, 0) is 12.3 Å². The summed E-state index contributed by atoms with van der Waals surface area (Å²) in [6, 6.07) is 9.46. The van der Waals surface area contributed by atoms with Gasteiger partial charge in [0, 0.05) is 37.7 Å². The molecule has 1 saturated carbocycles. The van der Waals surface area contributed by atoms with Gasteiger partial charge < -0.3 is 33.9 Å². The Morgan fingerprint density at radius 3 is 2.55 bits per heavy atom. The van der Waals surface area contributed by atoms with E-state index in [1.54, 1.807) is 0 Å². The van der Waals surface area contributed by atoms with Gasteiger partial charge in [0.25, 0.3) is 0 Å². The van der Waals surface area contributed by atoms with E-state index in [2.05, 4.69) is 0 Å². The second-order valence-corrected chi connectivity index (χ2v) is 7.91. The molecule has 2 saturated heterocycles. The second kappa shape index (κ2) is 8.29. The van der Waals surface area contributed by atoms with Gasteiger partial charge in [-0.3, -0.25) is 4.79 Å². The summed E-state index contributed by atoms with van der Waals surface area (Å²) in [7, 11) is 2.85. The van der Waals surface area contributed by atoms with E-state index in [0.29, 0.717) is 6.42 Å². The van der Waals surface area contributed by atoms with Crippen LogP contribution in [0.5, 0.6) is 0 Å². The van der Waals surface area contributed by atoms with E-state index in [9.17, 15) is 15.0 Å². The molecule has 8 nitrogen and oxygen atoms in total. The fraction of sp³-hybridized carbons (Fsp3) is 0.667. The lowest BCUT2D eigenvalue weighted by Gasteiger charge is -2.54. The summed E-state index contributed by atoms with van der Waals surface area (Å²) >= 11 is 0. The van der Waals surface area contributed by atoms with E-state index in [-0.39, 0.29) is 25.7 Å². The van der Waals surface area contributed by atoms with E-state index in [1.165, 1.54) is 14.2 Å². The average molecular weight is 408 g/mol. The smallest absolute Gasteiger partial charge is 0.315 e. The first-order valence-corrected chi connectivity index (χ1v) is 9.92. The SMILES string of the molecule is COC(=O)[C@@]12[C@H](CO)[C@H](CO)C[C@@H]1[C@@H](OC)O[C@@H]1CO[C@@H](c3ccccc3)O[C@H]12. The molecule has 0 aromatic heterocycles. The first kappa shape index (κ1) is 20.7. The maximum Gasteiger partial charge on any atom is 0.315 e. The molecule has 2 aliphatic heterocycles. The van der Waals surface area contributed by atoms with Crippen LogP contribution in [0.3, 0.4) is 0 Å². The molecule has 0 bridgehead atoms. The minimum Gasteiger partial charge on any atom is -0.468 e. The molecule has 1 aromatic rings. The number of hydrogen-bond acceptors (Lipinski definition) is 8. The Labute approximate surface area is 169 Å². The number of hydrogen-bond donors (Lipinski definition) is 2. The Hall–Kier alpha value is -1.55. The van der Waals surface area contributed by atoms with Crippen LogP contribution in [-0.2, 0) is 28.5 Å². The molecule has 3 fully saturated rings. The van der Waals surface area contributed by atoms with Crippen molar-refractivity contribution in [2.45, 2.75) is 31.2 Å². The molecule has 8 heteroatoms. The van der Waals surface area contributed by atoms with Gasteiger partial charge in [-0.2, -0.15) is 0 Å². The molecule has 0 unspecified atom stereocenters. The van der Waals surface area contributed by atoms with Gasteiger partial charge in [-0.25, -0.2) is 0 Å². The molecule has 0 amide bonds. The highest BCUT2D eigenvalue weighted by Gasteiger charge is 2.71. The van der Waals surface area contributed by atoms with E-state index in [0.717, 1.165) is 5.56 Å². The maximum absolute atomic E-state index is 13.3. The summed E-state index contributed by atoms with van der Waals surface area (Å²) in [4.78, 5) is 13.3. The summed E-state index contributed by atoms with van der Waals surface area (Å²) in [5.41, 5.74) is -0.384. The van der Waals surface area contributed by atoms with Crippen molar-refractivity contribution in [1.82, 2.24) is 0 Å². The number of aliphatic hydroxyl groups is 2. The monoisotopic (exact) mass is 408 g/mol. The number of fused-ring (bicyclic) bond motifs is 3. The summed E-state index contributed by atoms with van der Waals surface area (Å²) in [5.74, 6) is -1.75. The van der Waals surface area contributed by atoms with Crippen molar-refractivity contribution in [1.29, 1.82) is 0 Å². The Balaban J connectivity index is 1.79. The lowest BCUT2D eigenvalue weighted by Crippen LogP contribution is -2.67. The predicted molar refractivity (Wildman–Crippen MR) is 99.4 cm³/mol. The summed E-state index contributed by atoms with van der Waals surface area (Å²) in [5, 5.41) is 20.2. The van der Waals surface area contributed by atoms with Crippen LogP contribution in [0.2, 0.25) is 0 Å². The molecule has 0 radical (unpaired) electrons. The van der Waals surface area contributed by atoms with E-state index < -0.39 is 48.0 Å². The van der Waals surface area contributed by atoms with Crippen LogP contribution in [0.15, 0.2) is 30.3 Å². The Morgan fingerprint density at radius 2 is 1.93 bits per heavy atom. The highest BCUT2D eigenvalue weighted by molar-refractivity contribution is 5.79. The molecular formula is C21H28O8. The molecule has 160 valence electrons. The molecule has 4 rings (SSSR count). The molecule has 3 aliphatic rings. The summed E-state index contributed by atoms with van der Waals surface area (Å²) in [6.45, 7) is -0.235. The van der Waals surface area contributed by atoms with Gasteiger partial charge >= 0.3 is 5.97 Å². The lowest BCUT2D eigenvalue weighted by molar-refractivity contribution is -0.360. The lowest BCUT2D eigenvalue weighted by atomic mass is 9.63. The molecule has 2 N–H and O–H groups in total. The number of benzene rings is 1. The molecule has 8 atom stereocenters. The number of ether oxygens (including phenoxy) is 5. The Bertz CT molecular complexity index is 712. The third kappa shape index (κ3) is 3.10. The molecule has 2 heterocycles. The van der Waals surface area contributed by atoms with Crippen LogP contribution in [0.25, 0.3) is 0 Å². The van der Waals surface area contributed by atoms with Gasteiger partial charge in [0.2, 0.25) is 0 Å². The molecular weight excluding hydrogens is 380 g/mol. The standard InChI is InChI=1S/C21H28O8/c1-25-19-14-8-13(9-22)15(10-23)21(14,20(24)26-2)17-16(28-19)11-27-18(29-17)12-6-4-3-5-7-12/h3-7,13-19,22-23H,8-11H2,1-2H3/t13-,14+,15+,16+,17+,18+,19-,21+/m0/s1. The Kier molecular flexibility index (Phi) is 5.92. The van der Waals surface area contributed by atoms with Crippen LogP contribution in [0, 0.1) is 23.2 Å². The van der Waals surface area contributed by atoms with Crippen LogP contribution < -0.4 is 0 Å². The van der Waals surface area contributed by atoms with Crippen molar-refractivity contribution >= 4 is 5.97 Å². The Morgan fingerprint density at radius 1 is 1.17 bits per heavy atom. The second-order valence-electron chi connectivity index (χ2n) is 7.91. The molecule has 29 heavy (non-hydrogen) atoms. The van der Waals surface area contributed by atoms with E-state index in [4.69, 9.17) is 23.7 Å². The highest BCUT2D eigenvalue weighted by atomic mass is 16.7. The number of carbonyl (C=O) groups excluding carboxylic acids is 1. The fourth-order valence-corrected chi connectivity index (χ4v) is 5.54. The van der Waals surface area contributed by atoms with Crippen molar-refractivity contribution < 1.29 is 38.7 Å². The maximum atomic E-state index is 13.3. The average Bonchev–Trinajstić information content (AvgIpc) is 3.13. The van der Waals surface area contributed by atoms with Crippen LogP contribution >= 0.6 is 0 Å². The number of esters is 1. The fourth-order valence-electron chi connectivity index (χ4n) is 5.54. The molecule has 0 spiro atoms. The quantitative estimate of drug-likeness (QED) is 0.692. The van der Waals surface area contributed by atoms with Crippen molar-refractivity contribution in [3.8, 4) is 0 Å². The predicted octanol–water partition coefficient (Wildman–Crippen LogP) is 0.868. The van der Waals surface area contributed by atoms with Crippen LogP contribution in [0.1, 0.15) is 18.3 Å². The number of rotatable bonds is 5. The van der Waals surface area contributed by atoms with Gasteiger partial charge in [0.15, 0.2) is 12.6 Å². The minimum atomic E-state index is -1.21. The van der Waals surface area contributed by atoms with Gasteiger partial charge in [0.1, 0.15) is 17.6 Å². The third-order valence-corrected chi connectivity index (χ3v) is 6.75. The van der Waals surface area contributed by atoms with Crippen molar-refractivity contribution in [2.75, 3.05) is 34.0 Å². The minimum absolute atomic E-state index is 0.160. The highest BCUT2D eigenvalue weighted by Crippen LogP contribution is 2.61. The van der Waals surface area contributed by atoms with Crippen molar-refractivity contribution in [2.24, 2.45) is 23.2 Å². The summed E-state index contributed by atoms with van der Waals surface area (Å²) < 4.78 is 29.1. The number of methoxy groups -OCH3 is 2. The molecule has 1 aromatic carbocycles. The van der Waals surface area contributed by atoms with Crippen LogP contribution in [-0.4, -0.2) is 68.7 Å². The van der Waals surface area contributed by atoms with E-state index in [1.807, 2.05) is 30.3 Å². The first-order chi connectivity index (χ1) is 14.1. The zero-order valence-electron chi connectivity index (χ0n) is 16.6. The number of carbonyl (C=O) groups is 1. The topological polar surface area (TPSA) is 104 Å². The largest absolute Gasteiger partial charge is 0.468 e. The van der Waals surface area contributed by atoms with Gasteiger partial charge in [-0.1, -0.05) is 30.3 Å².